The summed E-state index contributed by atoms with van der Waals surface area (Å²) in [6, 6.07) is 0. The van der Waals surface area contributed by atoms with E-state index < -0.39 is 5.97 Å². The molecular formula is C25H43N3O2. The second kappa shape index (κ2) is 8.35. The van der Waals surface area contributed by atoms with Crippen molar-refractivity contribution in [3.8, 4) is 0 Å². The van der Waals surface area contributed by atoms with E-state index in [0.29, 0.717) is 29.1 Å². The molecule has 0 amide bonds. The standard InChI is InChI=1S/C25H43N3O2/c1-24-9-3-6-19(24)22-17(5-4-12-28-23(26)27)15-18-13-16(14-21(29)30)7-11-25(18,2)20(22)8-10-24/h16-20,22H,3-15H2,1-2H3,(H,29,30)(H4,26,27,28)/t16-,17-,18+,19-,20-,22-,24-,25-/m0/s1. The molecule has 0 aliphatic heterocycles. The summed E-state index contributed by atoms with van der Waals surface area (Å²) in [4.78, 5) is 15.6. The lowest BCUT2D eigenvalue weighted by molar-refractivity contribution is -0.148. The molecule has 0 aromatic rings. The van der Waals surface area contributed by atoms with Gasteiger partial charge in [0.2, 0.25) is 0 Å². The third kappa shape index (κ3) is 3.98. The van der Waals surface area contributed by atoms with Crippen molar-refractivity contribution in [2.75, 3.05) is 6.54 Å². The lowest BCUT2D eigenvalue weighted by Gasteiger charge is -2.63. The lowest BCUT2D eigenvalue weighted by atomic mass is 9.42. The van der Waals surface area contributed by atoms with Crippen LogP contribution in [0.2, 0.25) is 0 Å². The Bertz CT molecular complexity index is 675. The number of carboxylic acid groups (broad SMARTS) is 1. The van der Waals surface area contributed by atoms with Crippen LogP contribution in [0.3, 0.4) is 0 Å². The number of nitrogens with two attached hydrogens (primary N) is 2. The summed E-state index contributed by atoms with van der Waals surface area (Å²) < 4.78 is 0. The third-order valence-corrected chi connectivity index (χ3v) is 10.2. The molecule has 5 heteroatoms. The Kier molecular flexibility index (Phi) is 6.11. The normalized spacial score (nSPS) is 45.1. The van der Waals surface area contributed by atoms with Crippen molar-refractivity contribution in [3.05, 3.63) is 0 Å². The molecule has 0 radical (unpaired) electrons. The van der Waals surface area contributed by atoms with Gasteiger partial charge in [-0.05, 0) is 111 Å². The monoisotopic (exact) mass is 417 g/mol. The second-order valence-corrected chi connectivity index (χ2v) is 11.8. The van der Waals surface area contributed by atoms with Crippen molar-refractivity contribution >= 4 is 11.9 Å². The quantitative estimate of drug-likeness (QED) is 0.328. The van der Waals surface area contributed by atoms with Crippen LogP contribution in [0.25, 0.3) is 0 Å². The van der Waals surface area contributed by atoms with Gasteiger partial charge in [-0.1, -0.05) is 20.3 Å². The molecule has 0 heterocycles. The SMILES string of the molecule is C[C@@]12CCC[C@H]1[C@@H]1[C@@H](CCCN=C(N)N)C[C@H]3C[C@@H](CC(=O)O)CC[C@]3(C)[C@H]1CC2. The Morgan fingerprint density at radius 3 is 2.60 bits per heavy atom. The predicted octanol–water partition coefficient (Wildman–Crippen LogP) is 4.79. The minimum atomic E-state index is -0.620. The van der Waals surface area contributed by atoms with Gasteiger partial charge in [0.15, 0.2) is 5.96 Å². The number of fused-ring (bicyclic) bond motifs is 5. The van der Waals surface area contributed by atoms with Crippen molar-refractivity contribution < 1.29 is 9.90 Å². The predicted molar refractivity (Wildman–Crippen MR) is 121 cm³/mol. The van der Waals surface area contributed by atoms with E-state index in [-0.39, 0.29) is 5.96 Å². The van der Waals surface area contributed by atoms with Crippen LogP contribution >= 0.6 is 0 Å². The highest BCUT2D eigenvalue weighted by Gasteiger charge is 2.60. The number of aliphatic imine (C=N–C) groups is 1. The first-order chi connectivity index (χ1) is 14.2. The molecule has 0 unspecified atom stereocenters. The lowest BCUT2D eigenvalue weighted by Crippen LogP contribution is -2.55. The molecule has 0 aromatic heterocycles. The fourth-order valence-corrected chi connectivity index (χ4v) is 8.80. The average molecular weight is 418 g/mol. The smallest absolute Gasteiger partial charge is 0.303 e. The molecule has 0 aromatic carbocycles. The maximum absolute atomic E-state index is 11.4. The van der Waals surface area contributed by atoms with E-state index in [2.05, 4.69) is 18.8 Å². The molecule has 30 heavy (non-hydrogen) atoms. The molecule has 8 atom stereocenters. The highest BCUT2D eigenvalue weighted by atomic mass is 16.4. The van der Waals surface area contributed by atoms with Gasteiger partial charge in [-0.15, -0.1) is 0 Å². The van der Waals surface area contributed by atoms with Crippen molar-refractivity contribution in [1.29, 1.82) is 0 Å². The van der Waals surface area contributed by atoms with Crippen LogP contribution in [0.5, 0.6) is 0 Å². The van der Waals surface area contributed by atoms with Crippen LogP contribution in [0.15, 0.2) is 4.99 Å². The van der Waals surface area contributed by atoms with Crippen LogP contribution < -0.4 is 11.5 Å². The molecule has 0 saturated heterocycles. The molecular weight excluding hydrogens is 374 g/mol. The number of carbonyl (C=O) groups is 1. The second-order valence-electron chi connectivity index (χ2n) is 11.8. The fourth-order valence-electron chi connectivity index (χ4n) is 8.80. The van der Waals surface area contributed by atoms with Gasteiger partial charge in [-0.3, -0.25) is 9.79 Å². The molecule has 0 bridgehead atoms. The van der Waals surface area contributed by atoms with Gasteiger partial charge >= 0.3 is 5.97 Å². The summed E-state index contributed by atoms with van der Waals surface area (Å²) in [5.74, 6) is 3.97. The van der Waals surface area contributed by atoms with Crippen LogP contribution in [0.1, 0.15) is 90.9 Å². The Morgan fingerprint density at radius 1 is 1.07 bits per heavy atom. The molecule has 170 valence electrons. The molecule has 4 fully saturated rings. The first-order valence-electron chi connectivity index (χ1n) is 12.5. The zero-order chi connectivity index (χ0) is 21.5. The topological polar surface area (TPSA) is 102 Å². The van der Waals surface area contributed by atoms with E-state index in [9.17, 15) is 9.90 Å². The number of aliphatic carboxylic acids is 1. The van der Waals surface area contributed by atoms with Gasteiger partial charge < -0.3 is 16.6 Å². The van der Waals surface area contributed by atoms with Gasteiger partial charge in [-0.25, -0.2) is 0 Å². The Morgan fingerprint density at radius 2 is 1.87 bits per heavy atom. The minimum Gasteiger partial charge on any atom is -0.481 e. The summed E-state index contributed by atoms with van der Waals surface area (Å²) in [5, 5.41) is 9.35. The van der Waals surface area contributed by atoms with Crippen molar-refractivity contribution in [2.45, 2.75) is 90.9 Å². The molecule has 4 rings (SSSR count). The Balaban J connectivity index is 1.56. The number of hydrogen-bond donors (Lipinski definition) is 3. The van der Waals surface area contributed by atoms with Crippen molar-refractivity contribution in [3.63, 3.8) is 0 Å². The molecule has 4 aliphatic carbocycles. The van der Waals surface area contributed by atoms with E-state index in [1.807, 2.05) is 0 Å². The minimum absolute atomic E-state index is 0.203. The largest absolute Gasteiger partial charge is 0.481 e. The first-order valence-corrected chi connectivity index (χ1v) is 12.5. The van der Waals surface area contributed by atoms with E-state index >= 15 is 0 Å². The number of guanidine groups is 1. The maximum atomic E-state index is 11.4. The number of hydrogen-bond acceptors (Lipinski definition) is 2. The van der Waals surface area contributed by atoms with Crippen LogP contribution in [0, 0.1) is 46.3 Å². The summed E-state index contributed by atoms with van der Waals surface area (Å²) >= 11 is 0. The maximum Gasteiger partial charge on any atom is 0.303 e. The van der Waals surface area contributed by atoms with E-state index in [1.165, 1.54) is 51.4 Å². The summed E-state index contributed by atoms with van der Waals surface area (Å²) in [7, 11) is 0. The van der Waals surface area contributed by atoms with E-state index in [1.54, 1.807) is 0 Å². The molecule has 5 nitrogen and oxygen atoms in total. The van der Waals surface area contributed by atoms with Gasteiger partial charge in [0.1, 0.15) is 0 Å². The van der Waals surface area contributed by atoms with Crippen molar-refractivity contribution in [1.82, 2.24) is 0 Å². The Hall–Kier alpha value is -1.26. The van der Waals surface area contributed by atoms with Gasteiger partial charge in [-0.2, -0.15) is 0 Å². The van der Waals surface area contributed by atoms with Crippen molar-refractivity contribution in [2.24, 2.45) is 62.8 Å². The average Bonchev–Trinajstić information content (AvgIpc) is 3.07. The van der Waals surface area contributed by atoms with Gasteiger partial charge in [0.05, 0.1) is 0 Å². The number of nitrogens with zero attached hydrogens (tertiary/aromatic N) is 1. The Labute approximate surface area is 182 Å². The first kappa shape index (κ1) is 22.0. The van der Waals surface area contributed by atoms with Crippen LogP contribution in [0.4, 0.5) is 0 Å². The summed E-state index contributed by atoms with van der Waals surface area (Å²) in [6.45, 7) is 5.90. The summed E-state index contributed by atoms with van der Waals surface area (Å²) in [6.07, 6.45) is 14.5. The molecule has 5 N–H and O–H groups in total. The zero-order valence-electron chi connectivity index (χ0n) is 19.1. The molecule has 4 saturated carbocycles. The van der Waals surface area contributed by atoms with Crippen LogP contribution in [-0.4, -0.2) is 23.6 Å². The fraction of sp³-hybridized carbons (Fsp3) is 0.920. The molecule has 0 spiro atoms. The highest BCUT2D eigenvalue weighted by Crippen LogP contribution is 2.68. The third-order valence-electron chi connectivity index (χ3n) is 10.2. The van der Waals surface area contributed by atoms with Gasteiger partial charge in [0.25, 0.3) is 0 Å². The number of rotatable bonds is 6. The molecule has 4 aliphatic rings. The highest BCUT2D eigenvalue weighted by molar-refractivity contribution is 5.75. The van der Waals surface area contributed by atoms with E-state index in [0.717, 1.165) is 49.5 Å². The van der Waals surface area contributed by atoms with E-state index in [4.69, 9.17) is 11.5 Å². The van der Waals surface area contributed by atoms with Gasteiger partial charge in [0, 0.05) is 13.0 Å². The number of carboxylic acids is 1. The van der Waals surface area contributed by atoms with Crippen LogP contribution in [-0.2, 0) is 4.79 Å². The zero-order valence-corrected chi connectivity index (χ0v) is 19.1. The summed E-state index contributed by atoms with van der Waals surface area (Å²) in [5.41, 5.74) is 12.1.